The lowest BCUT2D eigenvalue weighted by Gasteiger charge is -2.30. The van der Waals surface area contributed by atoms with E-state index in [1.54, 1.807) is 40.9 Å². The second-order valence-electron chi connectivity index (χ2n) is 7.45. The number of halogens is 1. The maximum atomic E-state index is 14.1. The van der Waals surface area contributed by atoms with Gasteiger partial charge in [-0.15, -0.1) is 23.1 Å². The Morgan fingerprint density at radius 2 is 2.04 bits per heavy atom. The summed E-state index contributed by atoms with van der Waals surface area (Å²) >= 11 is 5.00. The van der Waals surface area contributed by atoms with Gasteiger partial charge < -0.3 is 4.74 Å². The summed E-state index contributed by atoms with van der Waals surface area (Å²) in [6.07, 6.45) is 1.92. The molecule has 0 saturated heterocycles. The third-order valence-corrected chi connectivity index (χ3v) is 7.81. The molecule has 0 aliphatic carbocycles. The highest BCUT2D eigenvalue weighted by Gasteiger charge is 2.31. The number of benzene rings is 1. The largest absolute Gasteiger partial charge is 0.370 e. The smallest absolute Gasteiger partial charge is 0.190 e. The monoisotopic (exact) mass is 434 g/mol. The van der Waals surface area contributed by atoms with Crippen molar-refractivity contribution in [3.8, 4) is 0 Å². The van der Waals surface area contributed by atoms with Crippen LogP contribution in [0.4, 0.5) is 4.39 Å². The Balaban J connectivity index is 1.75. The minimum atomic E-state index is -0.190. The molecule has 0 spiro atoms. The average Bonchev–Trinajstić information content (AvgIpc) is 3.02. The molecule has 3 aromatic rings. The zero-order valence-electron chi connectivity index (χ0n) is 16.3. The summed E-state index contributed by atoms with van der Waals surface area (Å²) in [6, 6.07) is 6.96. The molecule has 0 amide bonds. The van der Waals surface area contributed by atoms with Crippen molar-refractivity contribution in [2.75, 3.05) is 5.75 Å². The van der Waals surface area contributed by atoms with E-state index in [9.17, 15) is 4.39 Å². The molecule has 4 rings (SSSR count). The topological polar surface area (TPSA) is 35.0 Å². The Morgan fingerprint density at radius 1 is 1.21 bits per heavy atom. The summed E-state index contributed by atoms with van der Waals surface area (Å²) in [4.78, 5) is 12.0. The number of rotatable bonds is 6. The van der Waals surface area contributed by atoms with Gasteiger partial charge in [0.25, 0.3) is 0 Å². The quantitative estimate of drug-likeness (QED) is 0.252. The van der Waals surface area contributed by atoms with Crippen molar-refractivity contribution in [2.45, 2.75) is 61.8 Å². The number of thioether (sulfide) groups is 2. The summed E-state index contributed by atoms with van der Waals surface area (Å²) in [6.45, 7) is 7.02. The van der Waals surface area contributed by atoms with E-state index in [2.05, 4.69) is 20.8 Å². The van der Waals surface area contributed by atoms with E-state index in [4.69, 9.17) is 14.7 Å². The third kappa shape index (κ3) is 4.22. The van der Waals surface area contributed by atoms with Crippen LogP contribution in [0.25, 0.3) is 10.2 Å². The normalized spacial score (nSPS) is 15.7. The van der Waals surface area contributed by atoms with Gasteiger partial charge in [-0.3, -0.25) is 0 Å². The molecule has 7 heteroatoms. The third-order valence-electron chi connectivity index (χ3n) is 4.63. The van der Waals surface area contributed by atoms with Crippen LogP contribution >= 0.6 is 34.9 Å². The summed E-state index contributed by atoms with van der Waals surface area (Å²) in [5.41, 5.74) is 1.82. The summed E-state index contributed by atoms with van der Waals surface area (Å²) in [5.74, 6) is 1.38. The first-order chi connectivity index (χ1) is 13.5. The predicted octanol–water partition coefficient (Wildman–Crippen LogP) is 6.48. The van der Waals surface area contributed by atoms with Gasteiger partial charge >= 0.3 is 0 Å². The first-order valence-corrected chi connectivity index (χ1v) is 12.2. The highest BCUT2D eigenvalue weighted by Crippen LogP contribution is 2.43. The Labute approximate surface area is 177 Å². The molecule has 0 bridgehead atoms. The number of thiophene rings is 1. The van der Waals surface area contributed by atoms with Crippen LogP contribution < -0.4 is 0 Å². The fourth-order valence-electron chi connectivity index (χ4n) is 3.22. The fraction of sp³-hybridized carbons (Fsp3) is 0.429. The standard InChI is InChI=1S/C21H23FN2OS3/c1-4-9-26-20-23-18(27-12-13-7-5-6-8-15(13)22)17-14-10-21(2,3)25-11-16(14)28-19(17)24-20/h5-8H,4,9-12H2,1-3H3. The molecule has 0 radical (unpaired) electrons. The molecule has 0 N–H and O–H groups in total. The first-order valence-electron chi connectivity index (χ1n) is 9.42. The molecule has 1 aromatic carbocycles. The van der Waals surface area contributed by atoms with E-state index in [1.807, 2.05) is 12.1 Å². The van der Waals surface area contributed by atoms with Crippen LogP contribution in [-0.4, -0.2) is 21.3 Å². The van der Waals surface area contributed by atoms with E-state index in [0.29, 0.717) is 17.9 Å². The van der Waals surface area contributed by atoms with Gasteiger partial charge in [-0.1, -0.05) is 36.9 Å². The van der Waals surface area contributed by atoms with Gasteiger partial charge in [0.15, 0.2) is 5.16 Å². The van der Waals surface area contributed by atoms with E-state index in [0.717, 1.165) is 39.0 Å². The molecule has 0 fully saturated rings. The first kappa shape index (κ1) is 20.1. The average molecular weight is 435 g/mol. The molecule has 0 saturated carbocycles. The zero-order chi connectivity index (χ0) is 19.7. The summed E-state index contributed by atoms with van der Waals surface area (Å²) in [7, 11) is 0. The van der Waals surface area contributed by atoms with Gasteiger partial charge in [-0.2, -0.15) is 0 Å². The highest BCUT2D eigenvalue weighted by molar-refractivity contribution is 7.99. The van der Waals surface area contributed by atoms with E-state index in [1.165, 1.54) is 16.5 Å². The lowest BCUT2D eigenvalue weighted by Crippen LogP contribution is -2.31. The van der Waals surface area contributed by atoms with Crippen LogP contribution in [0.1, 0.15) is 43.2 Å². The Bertz CT molecular complexity index is 1000. The van der Waals surface area contributed by atoms with Crippen molar-refractivity contribution in [1.29, 1.82) is 0 Å². The molecular formula is C21H23FN2OS3. The SMILES string of the molecule is CCCSc1nc(SCc2ccccc2F)c2c3c(sc2n1)COC(C)(C)C3. The molecule has 2 aromatic heterocycles. The van der Waals surface area contributed by atoms with Crippen LogP contribution in [0.2, 0.25) is 0 Å². The highest BCUT2D eigenvalue weighted by atomic mass is 32.2. The van der Waals surface area contributed by atoms with Crippen molar-refractivity contribution >= 4 is 45.1 Å². The van der Waals surface area contributed by atoms with Crippen molar-refractivity contribution in [1.82, 2.24) is 9.97 Å². The molecular weight excluding hydrogens is 411 g/mol. The summed E-state index contributed by atoms with van der Waals surface area (Å²) in [5, 5.41) is 2.91. The Kier molecular flexibility index (Phi) is 5.97. The van der Waals surface area contributed by atoms with Crippen molar-refractivity contribution in [2.24, 2.45) is 0 Å². The number of fused-ring (bicyclic) bond motifs is 3. The Morgan fingerprint density at radius 3 is 2.82 bits per heavy atom. The number of nitrogens with zero attached hydrogens (tertiary/aromatic N) is 2. The number of hydrogen-bond donors (Lipinski definition) is 0. The van der Waals surface area contributed by atoms with Crippen LogP contribution in [0.3, 0.4) is 0 Å². The molecule has 28 heavy (non-hydrogen) atoms. The molecule has 0 atom stereocenters. The van der Waals surface area contributed by atoms with E-state index < -0.39 is 0 Å². The predicted molar refractivity (Wildman–Crippen MR) is 117 cm³/mol. The summed E-state index contributed by atoms with van der Waals surface area (Å²) < 4.78 is 20.1. The van der Waals surface area contributed by atoms with Crippen LogP contribution in [-0.2, 0) is 23.5 Å². The van der Waals surface area contributed by atoms with E-state index >= 15 is 0 Å². The van der Waals surface area contributed by atoms with E-state index in [-0.39, 0.29) is 11.4 Å². The number of ether oxygens (including phenoxy) is 1. The minimum Gasteiger partial charge on any atom is -0.370 e. The van der Waals surface area contributed by atoms with Gasteiger partial charge in [0.05, 0.1) is 12.2 Å². The lowest BCUT2D eigenvalue weighted by molar-refractivity contribution is -0.0379. The Hall–Kier alpha value is -1.15. The van der Waals surface area contributed by atoms with Crippen molar-refractivity contribution in [3.05, 3.63) is 46.1 Å². The lowest BCUT2D eigenvalue weighted by atomic mass is 9.95. The second-order valence-corrected chi connectivity index (χ2v) is 10.6. The van der Waals surface area contributed by atoms with Crippen LogP contribution in [0.15, 0.2) is 34.4 Å². The molecule has 0 unspecified atom stereocenters. The molecule has 148 valence electrons. The van der Waals surface area contributed by atoms with Gasteiger partial charge in [-0.25, -0.2) is 14.4 Å². The molecule has 1 aliphatic heterocycles. The van der Waals surface area contributed by atoms with Crippen molar-refractivity contribution in [3.63, 3.8) is 0 Å². The second kappa shape index (κ2) is 8.30. The minimum absolute atomic E-state index is 0.164. The van der Waals surface area contributed by atoms with Crippen LogP contribution in [0, 0.1) is 5.82 Å². The van der Waals surface area contributed by atoms with Crippen LogP contribution in [0.5, 0.6) is 0 Å². The van der Waals surface area contributed by atoms with Gasteiger partial charge in [0, 0.05) is 28.2 Å². The molecule has 1 aliphatic rings. The molecule has 3 heterocycles. The van der Waals surface area contributed by atoms with Crippen molar-refractivity contribution < 1.29 is 9.13 Å². The van der Waals surface area contributed by atoms with Gasteiger partial charge in [-0.05, 0) is 37.5 Å². The maximum absolute atomic E-state index is 14.1. The van der Waals surface area contributed by atoms with Gasteiger partial charge in [0.1, 0.15) is 15.7 Å². The fourth-order valence-corrected chi connectivity index (χ4v) is 6.24. The maximum Gasteiger partial charge on any atom is 0.190 e. The zero-order valence-corrected chi connectivity index (χ0v) is 18.7. The number of aromatic nitrogens is 2. The molecule has 3 nitrogen and oxygen atoms in total. The number of hydrogen-bond acceptors (Lipinski definition) is 6. The van der Waals surface area contributed by atoms with Gasteiger partial charge in [0.2, 0.25) is 0 Å².